The number of thioether (sulfide) groups is 1. The van der Waals surface area contributed by atoms with Crippen molar-refractivity contribution in [2.45, 2.75) is 38.0 Å². The van der Waals surface area contributed by atoms with E-state index in [9.17, 15) is 9.90 Å². The van der Waals surface area contributed by atoms with E-state index in [4.69, 9.17) is 14.6 Å². The third-order valence-corrected chi connectivity index (χ3v) is 6.42. The number of nitrogens with zero attached hydrogens (tertiary/aromatic N) is 4. The van der Waals surface area contributed by atoms with Crippen molar-refractivity contribution in [3.05, 3.63) is 48.0 Å². The van der Waals surface area contributed by atoms with Gasteiger partial charge in [-0.15, -0.1) is 0 Å². The van der Waals surface area contributed by atoms with Crippen LogP contribution >= 0.6 is 11.8 Å². The summed E-state index contributed by atoms with van der Waals surface area (Å²) in [6.07, 6.45) is 1.27. The van der Waals surface area contributed by atoms with Crippen LogP contribution in [0.15, 0.2) is 47.6 Å². The second-order valence-electron chi connectivity index (χ2n) is 7.56. The van der Waals surface area contributed by atoms with E-state index in [-0.39, 0.29) is 11.8 Å². The Labute approximate surface area is 197 Å². The fourth-order valence-corrected chi connectivity index (χ4v) is 4.95. The second kappa shape index (κ2) is 9.66. The van der Waals surface area contributed by atoms with Gasteiger partial charge in [-0.2, -0.15) is 0 Å². The summed E-state index contributed by atoms with van der Waals surface area (Å²) in [5.41, 5.74) is 2.21. The molecule has 1 amide bonds. The molecular formula is C24H26N4O4S. The largest absolute Gasteiger partial charge is 0.854 e. The Hall–Kier alpha value is -3.33. The number of anilines is 1. The average Bonchev–Trinajstić information content (AvgIpc) is 2.82. The first-order valence-corrected chi connectivity index (χ1v) is 11.7. The number of benzene rings is 2. The number of ether oxygens (including phenoxy) is 2. The lowest BCUT2D eigenvalue weighted by molar-refractivity contribution is -0.764. The fourth-order valence-electron chi connectivity index (χ4n) is 4.04. The number of unbranched alkanes of at least 4 members (excludes halogenated alkanes) is 1. The lowest BCUT2D eigenvalue weighted by atomic mass is 10.0. The Balaban J connectivity index is 2.01. The van der Waals surface area contributed by atoms with Crippen LogP contribution in [-0.2, 0) is 4.79 Å². The van der Waals surface area contributed by atoms with Crippen molar-refractivity contribution in [2.75, 3.05) is 24.9 Å². The molecule has 0 fully saturated rings. The van der Waals surface area contributed by atoms with Crippen LogP contribution in [0.5, 0.6) is 17.4 Å². The number of para-hydroxylation sites is 2. The number of methoxy groups -OCH3 is 2. The van der Waals surface area contributed by atoms with E-state index in [1.165, 1.54) is 18.7 Å². The van der Waals surface area contributed by atoms with Crippen molar-refractivity contribution >= 4 is 23.4 Å². The molecule has 8 nitrogen and oxygen atoms in total. The van der Waals surface area contributed by atoms with Crippen molar-refractivity contribution in [1.82, 2.24) is 10.1 Å². The first-order chi connectivity index (χ1) is 16.0. The van der Waals surface area contributed by atoms with Gasteiger partial charge in [0, 0.05) is 17.8 Å². The Kier molecular flexibility index (Phi) is 6.69. The topological polar surface area (TPSA) is 91.5 Å². The molecule has 1 aliphatic rings. The number of rotatable bonds is 7. The predicted molar refractivity (Wildman–Crippen MR) is 124 cm³/mol. The Morgan fingerprint density at radius 1 is 1.18 bits per heavy atom. The molecule has 1 aliphatic heterocycles. The van der Waals surface area contributed by atoms with Crippen molar-refractivity contribution in [3.8, 4) is 28.6 Å². The van der Waals surface area contributed by atoms with Gasteiger partial charge in [0.2, 0.25) is 5.91 Å². The third-order valence-electron chi connectivity index (χ3n) is 5.50. The van der Waals surface area contributed by atoms with Gasteiger partial charge in [0.1, 0.15) is 0 Å². The van der Waals surface area contributed by atoms with E-state index < -0.39 is 6.17 Å². The summed E-state index contributed by atoms with van der Waals surface area (Å²) in [5.74, 6) is 1.22. The second-order valence-corrected chi connectivity index (χ2v) is 8.62. The molecule has 0 spiro atoms. The van der Waals surface area contributed by atoms with E-state index >= 15 is 0 Å². The van der Waals surface area contributed by atoms with Crippen molar-refractivity contribution in [2.24, 2.45) is 0 Å². The van der Waals surface area contributed by atoms with Crippen LogP contribution < -0.4 is 24.2 Å². The molecule has 33 heavy (non-hydrogen) atoms. The van der Waals surface area contributed by atoms with Gasteiger partial charge in [-0.3, -0.25) is 4.79 Å². The number of amides is 1. The van der Waals surface area contributed by atoms with Crippen LogP contribution in [0.1, 0.15) is 38.4 Å². The van der Waals surface area contributed by atoms with Gasteiger partial charge in [-0.1, -0.05) is 48.0 Å². The quantitative estimate of drug-likeness (QED) is 0.300. The smallest absolute Gasteiger partial charge is 0.296 e. The van der Waals surface area contributed by atoms with Crippen molar-refractivity contribution in [1.29, 1.82) is 0 Å². The highest BCUT2D eigenvalue weighted by Crippen LogP contribution is 2.44. The highest BCUT2D eigenvalue weighted by atomic mass is 32.2. The minimum atomic E-state index is -0.751. The van der Waals surface area contributed by atoms with E-state index in [0.717, 1.165) is 18.6 Å². The number of carbonyl (C=O) groups excluding carboxylic acids is 1. The number of aromatic nitrogens is 3. The van der Waals surface area contributed by atoms with Crippen molar-refractivity contribution in [3.63, 3.8) is 0 Å². The van der Waals surface area contributed by atoms with Gasteiger partial charge in [0.05, 0.1) is 36.9 Å². The Morgan fingerprint density at radius 2 is 1.97 bits per heavy atom. The maximum atomic E-state index is 13.3. The number of fused-ring (bicyclic) bond motifs is 3. The molecule has 9 heteroatoms. The molecule has 0 bridgehead atoms. The molecule has 1 unspecified atom stereocenters. The van der Waals surface area contributed by atoms with Crippen LogP contribution in [0.25, 0.3) is 11.3 Å². The highest BCUT2D eigenvalue weighted by Gasteiger charge is 2.45. The Morgan fingerprint density at radius 3 is 2.67 bits per heavy atom. The summed E-state index contributed by atoms with van der Waals surface area (Å²) in [5, 5.41) is 18.4. The molecule has 172 valence electrons. The number of carbonyl (C=O) groups is 1. The van der Waals surface area contributed by atoms with Crippen LogP contribution in [0, 0.1) is 0 Å². The molecule has 1 aromatic heterocycles. The van der Waals surface area contributed by atoms with Gasteiger partial charge in [0.25, 0.3) is 17.0 Å². The zero-order valence-electron chi connectivity index (χ0n) is 19.1. The van der Waals surface area contributed by atoms with E-state index in [1.807, 2.05) is 36.4 Å². The van der Waals surface area contributed by atoms with Gasteiger partial charge < -0.3 is 14.6 Å². The summed E-state index contributed by atoms with van der Waals surface area (Å²) in [4.78, 5) is 18.9. The maximum absolute atomic E-state index is 13.3. The minimum absolute atomic E-state index is 0.193. The molecule has 3 aromatic rings. The highest BCUT2D eigenvalue weighted by molar-refractivity contribution is 7.99. The van der Waals surface area contributed by atoms with Gasteiger partial charge in [-0.25, -0.2) is 9.88 Å². The fraction of sp³-hybridized carbons (Fsp3) is 0.333. The molecule has 4 rings (SSSR count). The summed E-state index contributed by atoms with van der Waals surface area (Å²) in [6, 6.07) is 12.8. The number of hydrogen-bond acceptors (Lipinski definition) is 7. The standard InChI is InChI=1S/C24H26N4O4S/c1-5-6-14-33-24-25-22(30)20-16-10-7-8-12-18(16)27(15(2)29)23(28(20)26-24)17-11-9-13-19(31-3)21(17)32-4/h7-13,23H,5-6,14H2,1-4H3. The van der Waals surface area contributed by atoms with Crippen LogP contribution in [0.4, 0.5) is 5.69 Å². The molecule has 1 atom stereocenters. The summed E-state index contributed by atoms with van der Waals surface area (Å²) in [6.45, 7) is 3.60. The average molecular weight is 467 g/mol. The van der Waals surface area contributed by atoms with Crippen LogP contribution in [0.3, 0.4) is 0 Å². The van der Waals surface area contributed by atoms with Crippen LogP contribution in [-0.4, -0.2) is 36.0 Å². The monoisotopic (exact) mass is 466 g/mol. The van der Waals surface area contributed by atoms with Gasteiger partial charge >= 0.3 is 0 Å². The van der Waals surface area contributed by atoms with E-state index in [1.54, 1.807) is 29.9 Å². The lowest BCUT2D eigenvalue weighted by Crippen LogP contribution is -2.58. The SMILES string of the molecule is CCCCSc1nc([O-])c2[n+](n1)C(c1cccc(OC)c1OC)N(C(C)=O)c1ccccc1-2. The molecule has 0 radical (unpaired) electrons. The van der Waals surface area contributed by atoms with Crippen LogP contribution in [0.2, 0.25) is 0 Å². The minimum Gasteiger partial charge on any atom is -0.854 e. The molecule has 0 aliphatic carbocycles. The van der Waals surface area contributed by atoms with Gasteiger partial charge in [-0.05, 0) is 30.7 Å². The molecule has 0 saturated heterocycles. The zero-order chi connectivity index (χ0) is 23.5. The van der Waals surface area contributed by atoms with Gasteiger partial charge in [0.15, 0.2) is 11.5 Å². The zero-order valence-corrected chi connectivity index (χ0v) is 19.9. The molecule has 0 saturated carbocycles. The normalized spacial score (nSPS) is 14.4. The van der Waals surface area contributed by atoms with Crippen molar-refractivity contribution < 1.29 is 24.1 Å². The van der Waals surface area contributed by atoms with E-state index in [2.05, 4.69) is 11.9 Å². The summed E-state index contributed by atoms with van der Waals surface area (Å²) < 4.78 is 12.8. The maximum Gasteiger partial charge on any atom is 0.296 e. The molecular weight excluding hydrogens is 440 g/mol. The molecule has 2 heterocycles. The first kappa shape index (κ1) is 22.8. The van der Waals surface area contributed by atoms with E-state index in [0.29, 0.717) is 39.2 Å². The molecule has 0 N–H and O–H groups in total. The third kappa shape index (κ3) is 4.08. The Bertz CT molecular complexity index is 1190. The predicted octanol–water partition coefficient (Wildman–Crippen LogP) is 3.33. The summed E-state index contributed by atoms with van der Waals surface area (Å²) >= 11 is 1.44. The summed E-state index contributed by atoms with van der Waals surface area (Å²) in [7, 11) is 3.11. The lowest BCUT2D eigenvalue weighted by Gasteiger charge is -2.33. The molecule has 2 aromatic carbocycles. The first-order valence-electron chi connectivity index (χ1n) is 10.8. The number of hydrogen-bond donors (Lipinski definition) is 0.